The molecule has 0 saturated carbocycles. The number of hydrogen-bond donors (Lipinski definition) is 1. The van der Waals surface area contributed by atoms with Crippen LogP contribution in [0.15, 0.2) is 53.1 Å². The number of carbonyl (C=O) groups is 2. The Balaban J connectivity index is 1.31. The van der Waals surface area contributed by atoms with Crippen molar-refractivity contribution in [3.05, 3.63) is 65.7 Å². The Labute approximate surface area is 188 Å². The SMILES string of the molecule is CC(=O)N1CCc2cc(NC(=O)CCc3ncc(-c4ccc(CC(C)C)cc4)o3)ccc21. The Hall–Kier alpha value is -3.41. The molecule has 2 amide bonds. The molecule has 4 rings (SSSR count). The van der Waals surface area contributed by atoms with Crippen LogP contribution in [-0.4, -0.2) is 23.3 Å². The third-order valence-electron chi connectivity index (χ3n) is 5.64. The first-order valence-electron chi connectivity index (χ1n) is 11.1. The van der Waals surface area contributed by atoms with E-state index in [-0.39, 0.29) is 18.2 Å². The molecule has 2 heterocycles. The number of oxazole rings is 1. The number of carbonyl (C=O) groups excluding carboxylic acids is 2. The third-order valence-corrected chi connectivity index (χ3v) is 5.64. The molecule has 32 heavy (non-hydrogen) atoms. The average Bonchev–Trinajstić information content (AvgIpc) is 3.39. The zero-order valence-corrected chi connectivity index (χ0v) is 18.9. The molecule has 6 heteroatoms. The van der Waals surface area contributed by atoms with Crippen LogP contribution in [0.1, 0.15) is 44.2 Å². The topological polar surface area (TPSA) is 75.4 Å². The second-order valence-corrected chi connectivity index (χ2v) is 8.73. The number of amides is 2. The number of aryl methyl sites for hydroxylation is 1. The Morgan fingerprint density at radius 3 is 2.66 bits per heavy atom. The minimum atomic E-state index is -0.0934. The molecule has 0 saturated heterocycles. The standard InChI is InChI=1S/C26H29N3O3/c1-17(2)14-19-4-6-20(7-5-19)24-16-27-26(32-24)11-10-25(31)28-22-8-9-23-21(15-22)12-13-29(23)18(3)30/h4-9,15-17H,10-14H2,1-3H3,(H,28,31). The van der Waals surface area contributed by atoms with Crippen LogP contribution in [0, 0.1) is 5.92 Å². The normalized spacial score (nSPS) is 12.8. The van der Waals surface area contributed by atoms with E-state index in [2.05, 4.69) is 48.4 Å². The fourth-order valence-electron chi connectivity index (χ4n) is 4.09. The molecule has 1 aromatic heterocycles. The Kier molecular flexibility index (Phi) is 6.40. The van der Waals surface area contributed by atoms with Crippen LogP contribution in [-0.2, 0) is 28.9 Å². The zero-order chi connectivity index (χ0) is 22.7. The summed E-state index contributed by atoms with van der Waals surface area (Å²) in [5.41, 5.74) is 5.04. The molecule has 166 valence electrons. The highest BCUT2D eigenvalue weighted by Gasteiger charge is 2.22. The van der Waals surface area contributed by atoms with E-state index in [9.17, 15) is 9.59 Å². The quantitative estimate of drug-likeness (QED) is 0.570. The van der Waals surface area contributed by atoms with Gasteiger partial charge in [-0.15, -0.1) is 0 Å². The summed E-state index contributed by atoms with van der Waals surface area (Å²) in [7, 11) is 0. The van der Waals surface area contributed by atoms with E-state index in [0.717, 1.165) is 35.3 Å². The highest BCUT2D eigenvalue weighted by molar-refractivity contribution is 5.95. The van der Waals surface area contributed by atoms with Crippen molar-refractivity contribution in [3.8, 4) is 11.3 Å². The van der Waals surface area contributed by atoms with Crippen LogP contribution in [0.5, 0.6) is 0 Å². The molecule has 2 aromatic carbocycles. The van der Waals surface area contributed by atoms with E-state index < -0.39 is 0 Å². The van der Waals surface area contributed by atoms with Crippen molar-refractivity contribution in [2.45, 2.75) is 46.5 Å². The predicted molar refractivity (Wildman–Crippen MR) is 126 cm³/mol. The fraction of sp³-hybridized carbons (Fsp3) is 0.346. The lowest BCUT2D eigenvalue weighted by molar-refractivity contribution is -0.117. The first-order valence-corrected chi connectivity index (χ1v) is 11.1. The van der Waals surface area contributed by atoms with Crippen molar-refractivity contribution >= 4 is 23.2 Å². The van der Waals surface area contributed by atoms with Crippen molar-refractivity contribution in [2.24, 2.45) is 5.92 Å². The van der Waals surface area contributed by atoms with Gasteiger partial charge in [0.05, 0.1) is 6.20 Å². The van der Waals surface area contributed by atoms with Gasteiger partial charge in [-0.1, -0.05) is 38.1 Å². The van der Waals surface area contributed by atoms with Crippen molar-refractivity contribution < 1.29 is 14.0 Å². The van der Waals surface area contributed by atoms with E-state index in [1.807, 2.05) is 18.2 Å². The number of hydrogen-bond acceptors (Lipinski definition) is 4. The molecular weight excluding hydrogens is 402 g/mol. The van der Waals surface area contributed by atoms with E-state index in [1.165, 1.54) is 5.56 Å². The largest absolute Gasteiger partial charge is 0.441 e. The molecule has 1 aliphatic rings. The van der Waals surface area contributed by atoms with Gasteiger partial charge < -0.3 is 14.6 Å². The summed E-state index contributed by atoms with van der Waals surface area (Å²) in [6.45, 7) is 6.67. The summed E-state index contributed by atoms with van der Waals surface area (Å²) in [5.74, 6) is 1.83. The Bertz CT molecular complexity index is 1120. The Morgan fingerprint density at radius 1 is 1.16 bits per heavy atom. The molecule has 0 radical (unpaired) electrons. The van der Waals surface area contributed by atoms with Crippen molar-refractivity contribution in [3.63, 3.8) is 0 Å². The van der Waals surface area contributed by atoms with Gasteiger partial charge in [0.25, 0.3) is 0 Å². The lowest BCUT2D eigenvalue weighted by Crippen LogP contribution is -2.25. The van der Waals surface area contributed by atoms with Crippen LogP contribution in [0.4, 0.5) is 11.4 Å². The van der Waals surface area contributed by atoms with Crippen molar-refractivity contribution in [2.75, 3.05) is 16.8 Å². The molecule has 0 aliphatic carbocycles. The van der Waals surface area contributed by atoms with E-state index in [1.54, 1.807) is 18.0 Å². The summed E-state index contributed by atoms with van der Waals surface area (Å²) in [6, 6.07) is 14.0. The number of fused-ring (bicyclic) bond motifs is 1. The summed E-state index contributed by atoms with van der Waals surface area (Å²) in [6.07, 6.45) is 4.28. The van der Waals surface area contributed by atoms with Gasteiger partial charge in [0.1, 0.15) is 0 Å². The number of benzene rings is 2. The lowest BCUT2D eigenvalue weighted by Gasteiger charge is -2.15. The van der Waals surface area contributed by atoms with Gasteiger partial charge in [0, 0.05) is 43.2 Å². The summed E-state index contributed by atoms with van der Waals surface area (Å²) < 4.78 is 5.86. The predicted octanol–water partition coefficient (Wildman–Crippen LogP) is 5.02. The van der Waals surface area contributed by atoms with Crippen molar-refractivity contribution in [1.29, 1.82) is 0 Å². The first-order chi connectivity index (χ1) is 15.4. The van der Waals surface area contributed by atoms with E-state index >= 15 is 0 Å². The van der Waals surface area contributed by atoms with Gasteiger partial charge in [-0.05, 0) is 48.1 Å². The van der Waals surface area contributed by atoms with Crippen LogP contribution in [0.2, 0.25) is 0 Å². The first kappa shape index (κ1) is 21.8. The van der Waals surface area contributed by atoms with Gasteiger partial charge in [0.2, 0.25) is 11.8 Å². The summed E-state index contributed by atoms with van der Waals surface area (Å²) >= 11 is 0. The molecule has 1 aliphatic heterocycles. The van der Waals surface area contributed by atoms with Gasteiger partial charge >= 0.3 is 0 Å². The molecule has 0 spiro atoms. The zero-order valence-electron chi connectivity index (χ0n) is 18.9. The summed E-state index contributed by atoms with van der Waals surface area (Å²) in [5, 5.41) is 2.93. The monoisotopic (exact) mass is 431 g/mol. The minimum Gasteiger partial charge on any atom is -0.441 e. The second-order valence-electron chi connectivity index (χ2n) is 8.73. The highest BCUT2D eigenvalue weighted by atomic mass is 16.4. The highest BCUT2D eigenvalue weighted by Crippen LogP contribution is 2.30. The number of nitrogens with zero attached hydrogens (tertiary/aromatic N) is 2. The van der Waals surface area contributed by atoms with Gasteiger partial charge in [-0.2, -0.15) is 0 Å². The number of aromatic nitrogens is 1. The molecule has 0 bridgehead atoms. The molecule has 0 fully saturated rings. The second kappa shape index (κ2) is 9.39. The molecule has 1 N–H and O–H groups in total. The maximum absolute atomic E-state index is 12.4. The smallest absolute Gasteiger partial charge is 0.224 e. The molecular formula is C26H29N3O3. The number of anilines is 2. The van der Waals surface area contributed by atoms with Crippen LogP contribution in [0.25, 0.3) is 11.3 Å². The molecule has 0 unspecified atom stereocenters. The fourth-order valence-corrected chi connectivity index (χ4v) is 4.09. The number of rotatable bonds is 7. The minimum absolute atomic E-state index is 0.0392. The molecule has 0 atom stereocenters. The van der Waals surface area contributed by atoms with E-state index in [0.29, 0.717) is 30.5 Å². The van der Waals surface area contributed by atoms with Crippen molar-refractivity contribution in [1.82, 2.24) is 4.98 Å². The van der Waals surface area contributed by atoms with Gasteiger partial charge in [0.15, 0.2) is 11.7 Å². The maximum Gasteiger partial charge on any atom is 0.224 e. The molecule has 6 nitrogen and oxygen atoms in total. The van der Waals surface area contributed by atoms with Gasteiger partial charge in [-0.3, -0.25) is 9.59 Å². The van der Waals surface area contributed by atoms with E-state index in [4.69, 9.17) is 4.42 Å². The number of nitrogens with one attached hydrogen (secondary N) is 1. The lowest BCUT2D eigenvalue weighted by atomic mass is 10.0. The Morgan fingerprint density at radius 2 is 1.94 bits per heavy atom. The maximum atomic E-state index is 12.4. The van der Waals surface area contributed by atoms with Gasteiger partial charge in [-0.25, -0.2) is 4.98 Å². The average molecular weight is 432 g/mol. The molecule has 3 aromatic rings. The summed E-state index contributed by atoms with van der Waals surface area (Å²) in [4.78, 5) is 30.2. The third kappa shape index (κ3) is 5.07. The van der Waals surface area contributed by atoms with Crippen LogP contribution < -0.4 is 10.2 Å². The van der Waals surface area contributed by atoms with Crippen LogP contribution in [0.3, 0.4) is 0 Å². The van der Waals surface area contributed by atoms with Crippen LogP contribution >= 0.6 is 0 Å².